The summed E-state index contributed by atoms with van der Waals surface area (Å²) in [5, 5.41) is 0.453. The molecule has 2 aromatic carbocycles. The van der Waals surface area contributed by atoms with E-state index in [1.54, 1.807) is 31.3 Å². The van der Waals surface area contributed by atoms with E-state index in [0.717, 1.165) is 11.3 Å². The van der Waals surface area contributed by atoms with E-state index in [1.807, 2.05) is 42.5 Å². The number of carbonyl (C=O) groups is 2. The second-order valence-corrected chi connectivity index (χ2v) is 8.26. The number of rotatable bonds is 6. The number of amidine groups is 1. The van der Waals surface area contributed by atoms with Crippen LogP contribution in [0.1, 0.15) is 5.56 Å². The monoisotopic (exact) mass is 467 g/mol. The lowest BCUT2D eigenvalue weighted by Gasteiger charge is -2.27. The van der Waals surface area contributed by atoms with Gasteiger partial charge in [-0.3, -0.25) is 14.5 Å². The molecule has 2 aliphatic heterocycles. The Morgan fingerprint density at radius 3 is 2.52 bits per heavy atom. The molecule has 9 heteroatoms. The zero-order valence-corrected chi connectivity index (χ0v) is 19.3. The second-order valence-electron chi connectivity index (χ2n) is 7.32. The molecule has 172 valence electrons. The fraction of sp³-hybridized carbons (Fsp3) is 0.292. The Bertz CT molecular complexity index is 1080. The Labute approximate surface area is 196 Å². The van der Waals surface area contributed by atoms with E-state index < -0.39 is 0 Å². The van der Waals surface area contributed by atoms with Gasteiger partial charge in [0.05, 0.1) is 38.9 Å². The number of amides is 2. The van der Waals surface area contributed by atoms with Gasteiger partial charge in [0.15, 0.2) is 5.17 Å². The van der Waals surface area contributed by atoms with Gasteiger partial charge < -0.3 is 19.1 Å². The fourth-order valence-electron chi connectivity index (χ4n) is 3.46. The minimum absolute atomic E-state index is 0.00312. The quantitative estimate of drug-likeness (QED) is 0.608. The van der Waals surface area contributed by atoms with Crippen molar-refractivity contribution < 1.29 is 23.8 Å². The first kappa shape index (κ1) is 22.9. The number of hydrogen-bond acceptors (Lipinski definition) is 7. The van der Waals surface area contributed by atoms with Crippen molar-refractivity contribution in [3.8, 4) is 11.5 Å². The molecule has 0 N–H and O–H groups in total. The zero-order chi connectivity index (χ0) is 23.2. The van der Waals surface area contributed by atoms with Crippen molar-refractivity contribution in [2.45, 2.75) is 0 Å². The Kier molecular flexibility index (Phi) is 7.31. The van der Waals surface area contributed by atoms with E-state index in [9.17, 15) is 9.59 Å². The third-order valence-electron chi connectivity index (χ3n) is 5.25. The van der Waals surface area contributed by atoms with Gasteiger partial charge in [-0.15, -0.1) is 0 Å². The molecule has 1 fully saturated rings. The predicted octanol–water partition coefficient (Wildman–Crippen LogP) is 3.04. The molecular weight excluding hydrogens is 442 g/mol. The number of hydrogen-bond donors (Lipinski definition) is 0. The van der Waals surface area contributed by atoms with Gasteiger partial charge in [-0.25, -0.2) is 4.99 Å². The van der Waals surface area contributed by atoms with Gasteiger partial charge in [-0.1, -0.05) is 30.0 Å². The Hall–Kier alpha value is -3.30. The summed E-state index contributed by atoms with van der Waals surface area (Å²) >= 11 is 1.25. The van der Waals surface area contributed by atoms with Crippen molar-refractivity contribution >= 4 is 40.5 Å². The molecule has 33 heavy (non-hydrogen) atoms. The summed E-state index contributed by atoms with van der Waals surface area (Å²) in [5.41, 5.74) is 1.75. The lowest BCUT2D eigenvalue weighted by atomic mass is 10.2. The molecule has 2 amide bonds. The van der Waals surface area contributed by atoms with Crippen molar-refractivity contribution in [3.63, 3.8) is 0 Å². The first-order chi connectivity index (χ1) is 16.1. The number of carbonyl (C=O) groups excluding carboxylic acids is 2. The summed E-state index contributed by atoms with van der Waals surface area (Å²) in [6, 6.07) is 14.6. The van der Waals surface area contributed by atoms with E-state index >= 15 is 0 Å². The van der Waals surface area contributed by atoms with Gasteiger partial charge in [0, 0.05) is 19.2 Å². The number of ether oxygens (including phenoxy) is 3. The van der Waals surface area contributed by atoms with Gasteiger partial charge in [-0.05, 0) is 35.9 Å². The first-order valence-corrected chi connectivity index (χ1v) is 11.5. The molecule has 0 spiro atoms. The van der Waals surface area contributed by atoms with Crippen LogP contribution in [0.2, 0.25) is 0 Å². The lowest BCUT2D eigenvalue weighted by molar-refractivity contribution is -0.132. The number of thioether (sulfide) groups is 1. The maximum absolute atomic E-state index is 13.3. The van der Waals surface area contributed by atoms with E-state index in [-0.39, 0.29) is 17.6 Å². The van der Waals surface area contributed by atoms with Crippen LogP contribution in [-0.2, 0) is 14.3 Å². The Morgan fingerprint density at radius 1 is 1.09 bits per heavy atom. The summed E-state index contributed by atoms with van der Waals surface area (Å²) in [6.07, 6.45) is 1.73. The van der Waals surface area contributed by atoms with E-state index in [2.05, 4.69) is 4.99 Å². The molecule has 0 radical (unpaired) electrons. The average molecular weight is 468 g/mol. The smallest absolute Gasteiger partial charge is 0.283 e. The normalized spacial score (nSPS) is 17.3. The van der Waals surface area contributed by atoms with Gasteiger partial charge in [0.25, 0.3) is 5.91 Å². The summed E-state index contributed by atoms with van der Waals surface area (Å²) in [5.74, 6) is 1.27. The van der Waals surface area contributed by atoms with Crippen LogP contribution in [0.3, 0.4) is 0 Å². The molecule has 2 heterocycles. The summed E-state index contributed by atoms with van der Waals surface area (Å²) < 4.78 is 15.8. The molecule has 8 nitrogen and oxygen atoms in total. The minimum Gasteiger partial charge on any atom is -0.497 e. The fourth-order valence-corrected chi connectivity index (χ4v) is 4.37. The molecule has 0 aliphatic carbocycles. The van der Waals surface area contributed by atoms with Crippen molar-refractivity contribution in [2.24, 2.45) is 4.99 Å². The number of aliphatic imine (C=N–C) groups is 1. The molecule has 0 aromatic heterocycles. The molecular formula is C24H25N3O5S. The summed E-state index contributed by atoms with van der Waals surface area (Å²) in [7, 11) is 3.18. The third kappa shape index (κ3) is 5.37. The SMILES string of the molecule is COc1ccc(/C=C2\N=C(SCC(=O)N3CCOCC3)N(c3cccc(OC)c3)C2=O)cc1. The third-order valence-corrected chi connectivity index (χ3v) is 6.17. The lowest BCUT2D eigenvalue weighted by Crippen LogP contribution is -2.42. The number of nitrogens with zero attached hydrogens (tertiary/aromatic N) is 3. The molecule has 2 aromatic rings. The zero-order valence-electron chi connectivity index (χ0n) is 18.5. The van der Waals surface area contributed by atoms with Crippen LogP contribution in [0.25, 0.3) is 6.08 Å². The topological polar surface area (TPSA) is 80.7 Å². The molecule has 2 aliphatic rings. The van der Waals surface area contributed by atoms with Gasteiger partial charge >= 0.3 is 0 Å². The number of benzene rings is 2. The van der Waals surface area contributed by atoms with Crippen LogP contribution in [-0.4, -0.2) is 68.2 Å². The predicted molar refractivity (Wildman–Crippen MR) is 129 cm³/mol. The first-order valence-electron chi connectivity index (χ1n) is 10.5. The molecule has 0 bridgehead atoms. The molecule has 0 saturated carbocycles. The maximum Gasteiger partial charge on any atom is 0.283 e. The van der Waals surface area contributed by atoms with Crippen molar-refractivity contribution in [2.75, 3.05) is 51.2 Å². The second kappa shape index (κ2) is 10.5. The van der Waals surface area contributed by atoms with Gasteiger partial charge in [-0.2, -0.15) is 0 Å². The number of morpholine rings is 1. The molecule has 1 saturated heterocycles. The van der Waals surface area contributed by atoms with Crippen LogP contribution < -0.4 is 14.4 Å². The van der Waals surface area contributed by atoms with Crippen LogP contribution in [0.15, 0.2) is 59.2 Å². The van der Waals surface area contributed by atoms with E-state index in [1.165, 1.54) is 16.7 Å². The highest BCUT2D eigenvalue weighted by atomic mass is 32.2. The van der Waals surface area contributed by atoms with Crippen molar-refractivity contribution in [1.29, 1.82) is 0 Å². The largest absolute Gasteiger partial charge is 0.497 e. The minimum atomic E-state index is -0.264. The van der Waals surface area contributed by atoms with Gasteiger partial charge in [0.2, 0.25) is 5.91 Å². The average Bonchev–Trinajstić information content (AvgIpc) is 3.18. The van der Waals surface area contributed by atoms with Crippen LogP contribution in [0.4, 0.5) is 5.69 Å². The van der Waals surface area contributed by atoms with Crippen LogP contribution in [0, 0.1) is 0 Å². The maximum atomic E-state index is 13.3. The number of anilines is 1. The summed E-state index contributed by atoms with van der Waals surface area (Å²) in [4.78, 5) is 33.9. The highest BCUT2D eigenvalue weighted by Gasteiger charge is 2.33. The van der Waals surface area contributed by atoms with Crippen molar-refractivity contribution in [1.82, 2.24) is 4.90 Å². The van der Waals surface area contributed by atoms with E-state index in [4.69, 9.17) is 14.2 Å². The van der Waals surface area contributed by atoms with Crippen molar-refractivity contribution in [3.05, 3.63) is 59.8 Å². The molecule has 4 rings (SSSR count). The molecule has 0 unspecified atom stereocenters. The standard InChI is InChI=1S/C24H25N3O5S/c1-30-19-8-6-17(7-9-19)14-21-23(29)27(18-4-3-5-20(15-18)31-2)24(25-21)33-16-22(28)26-10-12-32-13-11-26/h3-9,14-15H,10-13,16H2,1-2H3/b21-14-. The highest BCUT2D eigenvalue weighted by Crippen LogP contribution is 2.31. The van der Waals surface area contributed by atoms with Crippen LogP contribution >= 0.6 is 11.8 Å². The number of methoxy groups -OCH3 is 2. The Balaban J connectivity index is 1.60. The molecule has 0 atom stereocenters. The van der Waals surface area contributed by atoms with Gasteiger partial charge in [0.1, 0.15) is 17.2 Å². The highest BCUT2D eigenvalue weighted by molar-refractivity contribution is 8.14. The van der Waals surface area contributed by atoms with Crippen LogP contribution in [0.5, 0.6) is 11.5 Å². The Morgan fingerprint density at radius 2 is 1.82 bits per heavy atom. The van der Waals surface area contributed by atoms with E-state index in [0.29, 0.717) is 48.6 Å². The summed E-state index contributed by atoms with van der Waals surface area (Å²) in [6.45, 7) is 2.24.